The van der Waals surface area contributed by atoms with Gasteiger partial charge in [0.1, 0.15) is 11.0 Å². The summed E-state index contributed by atoms with van der Waals surface area (Å²) in [6, 6.07) is 54.4. The second kappa shape index (κ2) is 15.0. The Morgan fingerprint density at radius 2 is 1.11 bits per heavy atom. The number of rotatable bonds is 4. The van der Waals surface area contributed by atoms with Gasteiger partial charge >= 0.3 is 0 Å². The minimum atomic E-state index is -0.575. The van der Waals surface area contributed by atoms with Gasteiger partial charge < -0.3 is 9.32 Å². The Labute approximate surface area is 379 Å². The van der Waals surface area contributed by atoms with Crippen molar-refractivity contribution in [2.45, 2.75) is 92.4 Å². The second-order valence-electron chi connectivity index (χ2n) is 20.3. The van der Waals surface area contributed by atoms with Crippen LogP contribution in [0.15, 0.2) is 162 Å². The Bertz CT molecular complexity index is 3270. The average molecular weight is 834 g/mol. The van der Waals surface area contributed by atoms with Crippen molar-refractivity contribution in [2.75, 3.05) is 4.90 Å². The molecule has 1 spiro atoms. The number of anilines is 2. The predicted molar refractivity (Wildman–Crippen MR) is 271 cm³/mol. The Hall–Kier alpha value is -6.64. The topological polar surface area (TPSA) is 16.4 Å². The molecule has 0 radical (unpaired) electrons. The summed E-state index contributed by atoms with van der Waals surface area (Å²) in [4.78, 5) is 2.37. The summed E-state index contributed by atoms with van der Waals surface area (Å²) in [6.45, 7) is 25.0. The van der Waals surface area contributed by atoms with Crippen LogP contribution in [-0.4, -0.2) is 0 Å². The number of para-hydroxylation sites is 1. The van der Waals surface area contributed by atoms with E-state index in [2.05, 4.69) is 239 Å². The van der Waals surface area contributed by atoms with Gasteiger partial charge in [-0.3, -0.25) is 0 Å². The van der Waals surface area contributed by atoms with E-state index in [4.69, 9.17) is 4.42 Å². The minimum absolute atomic E-state index is 0.0298. The van der Waals surface area contributed by atoms with E-state index in [0.717, 1.165) is 38.6 Å². The molecule has 318 valence electrons. The Morgan fingerprint density at radius 1 is 0.531 bits per heavy atom. The highest BCUT2D eigenvalue weighted by Crippen LogP contribution is 2.65. The molecule has 1 unspecified atom stereocenters. The molecule has 0 fully saturated rings. The summed E-state index contributed by atoms with van der Waals surface area (Å²) < 4.78 is 7.43. The molecule has 0 aliphatic heterocycles. The van der Waals surface area contributed by atoms with E-state index in [1.165, 1.54) is 83.5 Å². The van der Waals surface area contributed by atoms with Gasteiger partial charge in [0.2, 0.25) is 0 Å². The Morgan fingerprint density at radius 3 is 1.73 bits per heavy atom. The van der Waals surface area contributed by atoms with Gasteiger partial charge in [0.05, 0.1) is 5.41 Å². The first-order valence-corrected chi connectivity index (χ1v) is 23.0. The lowest BCUT2D eigenvalue weighted by atomic mass is 9.69. The first-order valence-electron chi connectivity index (χ1n) is 23.0. The van der Waals surface area contributed by atoms with Gasteiger partial charge in [-0.2, -0.15) is 0 Å². The molecule has 10 rings (SSSR count). The molecule has 0 N–H and O–H groups in total. The number of nitrogens with zero attached hydrogens (tertiary/aromatic N) is 1. The van der Waals surface area contributed by atoms with Gasteiger partial charge in [-0.05, 0) is 154 Å². The monoisotopic (exact) mass is 833 g/mol. The molecule has 0 saturated carbocycles. The zero-order chi connectivity index (χ0) is 44.9. The van der Waals surface area contributed by atoms with E-state index in [0.29, 0.717) is 0 Å². The lowest BCUT2D eigenvalue weighted by molar-refractivity contribution is 0.572. The fourth-order valence-electron chi connectivity index (χ4n) is 10.7. The van der Waals surface area contributed by atoms with Crippen LogP contribution in [0, 0.1) is 27.7 Å². The van der Waals surface area contributed by atoms with Gasteiger partial charge in [-0.15, -0.1) is 0 Å². The van der Waals surface area contributed by atoms with Gasteiger partial charge in [0, 0.05) is 33.8 Å². The quantitative estimate of drug-likeness (QED) is 0.176. The maximum atomic E-state index is 7.43. The van der Waals surface area contributed by atoms with Crippen LogP contribution < -0.4 is 15.5 Å². The number of benzene rings is 7. The SMILES string of the molecule is CC=C1/C(=c2/oc3ccccc3/c2=C\N(c2ccc(C(C)(C)C)cc2)c2ccc(C(C)(C)C)cc2)c2c(cc(C)c(C)c2-c2ccccc2C)C12c1ccccc1-c1ccc(C)cc12. The smallest absolute Gasteiger partial charge is 0.145 e. The van der Waals surface area contributed by atoms with E-state index >= 15 is 0 Å². The second-order valence-corrected chi connectivity index (χ2v) is 20.3. The van der Waals surface area contributed by atoms with Crippen molar-refractivity contribution < 1.29 is 4.42 Å². The number of furan rings is 1. The Kier molecular flexibility index (Phi) is 9.69. The molecule has 1 atom stereocenters. The van der Waals surface area contributed by atoms with Gasteiger partial charge in [-0.25, -0.2) is 0 Å². The maximum absolute atomic E-state index is 7.43. The summed E-state index contributed by atoms with van der Waals surface area (Å²) in [7, 11) is 0. The zero-order valence-electron chi connectivity index (χ0n) is 39.4. The van der Waals surface area contributed by atoms with E-state index in [9.17, 15) is 0 Å². The van der Waals surface area contributed by atoms with E-state index < -0.39 is 5.41 Å². The highest BCUT2D eigenvalue weighted by molar-refractivity contribution is 6.05. The van der Waals surface area contributed by atoms with Gasteiger partial charge in [0.25, 0.3) is 0 Å². The van der Waals surface area contributed by atoms with Crippen molar-refractivity contribution in [2.24, 2.45) is 0 Å². The van der Waals surface area contributed by atoms with Crippen LogP contribution >= 0.6 is 0 Å². The summed E-state index contributed by atoms with van der Waals surface area (Å²) in [5, 5.41) is 2.13. The number of aryl methyl sites for hydroxylation is 3. The molecule has 1 aromatic heterocycles. The third kappa shape index (κ3) is 6.28. The molecule has 0 amide bonds. The van der Waals surface area contributed by atoms with Crippen molar-refractivity contribution in [3.8, 4) is 22.3 Å². The molecular formula is C62H59NO. The molecular weight excluding hydrogens is 775 g/mol. The Balaban J connectivity index is 1.40. The number of fused-ring (bicyclic) bond motifs is 8. The largest absolute Gasteiger partial charge is 0.455 e. The molecule has 8 aromatic rings. The van der Waals surface area contributed by atoms with Crippen molar-refractivity contribution in [1.29, 1.82) is 0 Å². The summed E-state index contributed by atoms with van der Waals surface area (Å²) in [6.07, 6.45) is 4.74. The highest BCUT2D eigenvalue weighted by Gasteiger charge is 2.55. The molecule has 64 heavy (non-hydrogen) atoms. The summed E-state index contributed by atoms with van der Waals surface area (Å²) in [5.74, 6) is 0. The van der Waals surface area contributed by atoms with Crippen LogP contribution in [-0.2, 0) is 16.2 Å². The predicted octanol–water partition coefficient (Wildman–Crippen LogP) is 15.0. The fourth-order valence-corrected chi connectivity index (χ4v) is 10.7. The molecule has 2 aliphatic rings. The fraction of sp³-hybridized carbons (Fsp3) is 0.226. The number of hydrogen-bond acceptors (Lipinski definition) is 2. The van der Waals surface area contributed by atoms with Crippen molar-refractivity contribution in [1.82, 2.24) is 0 Å². The van der Waals surface area contributed by atoms with E-state index in [1.807, 2.05) is 0 Å². The third-order valence-corrected chi connectivity index (χ3v) is 14.2. The molecule has 2 aliphatic carbocycles. The van der Waals surface area contributed by atoms with Crippen LogP contribution in [0.1, 0.15) is 104 Å². The normalized spacial score (nSPS) is 17.4. The standard InChI is InChI=1S/C62H59NO/c1-12-51-58(57-54(36-40(4)41(5)56(57)46-20-14-13-19-39(46)3)62(51)52-23-17-15-21-47(52)48-34-25-38(2)35-53(48)62)59-50(49-22-16-18-24-55(49)64-59)37-63(44-30-26-42(27-31-44)60(6,7)8)45-32-28-43(29-33-45)61(9,10)11/h12-37H,1-11H3/b50-37+,51-12?,59-58-. The van der Waals surface area contributed by atoms with Crippen LogP contribution in [0.4, 0.5) is 11.4 Å². The van der Waals surface area contributed by atoms with E-state index in [1.54, 1.807) is 0 Å². The molecule has 1 heterocycles. The van der Waals surface area contributed by atoms with E-state index in [-0.39, 0.29) is 10.8 Å². The average Bonchev–Trinajstić information content (AvgIpc) is 3.88. The zero-order valence-corrected chi connectivity index (χ0v) is 39.4. The lowest BCUT2D eigenvalue weighted by Gasteiger charge is -2.31. The summed E-state index contributed by atoms with van der Waals surface area (Å²) in [5.41, 5.74) is 23.8. The van der Waals surface area contributed by atoms with Crippen LogP contribution in [0.25, 0.3) is 45.0 Å². The number of hydrogen-bond donors (Lipinski definition) is 0. The third-order valence-electron chi connectivity index (χ3n) is 14.2. The number of allylic oxidation sites excluding steroid dienone is 2. The van der Waals surface area contributed by atoms with Crippen molar-refractivity contribution >= 4 is 34.1 Å². The van der Waals surface area contributed by atoms with Gasteiger partial charge in [0.15, 0.2) is 0 Å². The molecule has 0 saturated heterocycles. The first kappa shape index (κ1) is 41.4. The van der Waals surface area contributed by atoms with Crippen LogP contribution in [0.2, 0.25) is 0 Å². The maximum Gasteiger partial charge on any atom is 0.145 e. The summed E-state index contributed by atoms with van der Waals surface area (Å²) >= 11 is 0. The first-order chi connectivity index (χ1) is 30.6. The highest BCUT2D eigenvalue weighted by atomic mass is 16.3. The molecule has 2 heteroatoms. The molecule has 2 nitrogen and oxygen atoms in total. The molecule has 7 aromatic carbocycles. The van der Waals surface area contributed by atoms with Crippen molar-refractivity contribution in [3.63, 3.8) is 0 Å². The van der Waals surface area contributed by atoms with Crippen LogP contribution in [0.5, 0.6) is 0 Å². The van der Waals surface area contributed by atoms with Crippen molar-refractivity contribution in [3.05, 3.63) is 224 Å². The van der Waals surface area contributed by atoms with Gasteiger partial charge in [-0.1, -0.05) is 168 Å². The molecule has 0 bridgehead atoms. The van der Waals surface area contributed by atoms with Crippen LogP contribution in [0.3, 0.4) is 0 Å². The lowest BCUT2D eigenvalue weighted by Crippen LogP contribution is -2.30. The minimum Gasteiger partial charge on any atom is -0.455 e.